The molecule has 5 heavy (non-hydrogen) atoms. The van der Waals surface area contributed by atoms with Gasteiger partial charge < -0.3 is 13.3 Å². The van der Waals surface area contributed by atoms with Crippen molar-refractivity contribution in [1.82, 2.24) is 0 Å². The van der Waals surface area contributed by atoms with Crippen molar-refractivity contribution in [3.05, 3.63) is 6.57 Å². The van der Waals surface area contributed by atoms with E-state index in [1.807, 2.05) is 0 Å². The predicted octanol–water partition coefficient (Wildman–Crippen LogP) is -2.79. The van der Waals surface area contributed by atoms with Gasteiger partial charge in [-0.05, 0) is 0 Å². The van der Waals surface area contributed by atoms with Crippen LogP contribution in [0.5, 0.6) is 0 Å². The van der Waals surface area contributed by atoms with Crippen LogP contribution < -0.4 is 29.6 Å². The van der Waals surface area contributed by atoms with E-state index in [1.165, 1.54) is 0 Å². The average Bonchev–Trinajstić information content (AvgIpc) is 1.00. The summed E-state index contributed by atoms with van der Waals surface area (Å²) in [4.78, 5) is 0. The molecule has 1 nitrogen and oxygen atoms in total. The van der Waals surface area contributed by atoms with Crippen LogP contribution in [0.1, 0.15) is 1.43 Å². The molecule has 0 saturated heterocycles. The summed E-state index contributed by atoms with van der Waals surface area (Å²) in [5, 5.41) is 6.25. The summed E-state index contributed by atoms with van der Waals surface area (Å²) in [7, 11) is 0. The van der Waals surface area contributed by atoms with Gasteiger partial charge in [-0.25, -0.2) is 0 Å². The summed E-state index contributed by atoms with van der Waals surface area (Å²) in [5.74, 6) is 0. The normalized spacial score (nSPS) is 0.400. The SMILES string of the molecule is [C-]#N.[Fe].[H-].[Na+].[Zn]. The Morgan fingerprint density at radius 2 is 1.40 bits per heavy atom. The number of hydrogen-bond donors (Lipinski definition) is 0. The Kier molecular flexibility index (Phi) is 275. The zero-order valence-electron chi connectivity index (χ0n) is 4.01. The van der Waals surface area contributed by atoms with Gasteiger partial charge in [0, 0.05) is 36.5 Å². The first-order valence-electron chi connectivity index (χ1n) is 0.224. The monoisotopic (exact) mass is 170 g/mol. The molecule has 22 valence electrons. The molecule has 0 saturated carbocycles. The standard InChI is InChI=1S/CN.Fe.Na.Zn.H/c1-2;;;;/q-1;;+1;;-1. The molecule has 0 heterocycles. The van der Waals surface area contributed by atoms with Gasteiger partial charge in [0.25, 0.3) is 0 Å². The van der Waals surface area contributed by atoms with E-state index in [0.29, 0.717) is 0 Å². The van der Waals surface area contributed by atoms with Crippen LogP contribution >= 0.6 is 0 Å². The molecular formula is CHFeNNaZn-. The minimum atomic E-state index is 0. The topological polar surface area (TPSA) is 23.8 Å². The number of hydrogen-bond acceptors (Lipinski definition) is 1. The Hall–Kier alpha value is 1.63. The maximum Gasteiger partial charge on any atom is 1.00 e. The van der Waals surface area contributed by atoms with Gasteiger partial charge in [-0.15, -0.1) is 0 Å². The van der Waals surface area contributed by atoms with E-state index in [0.717, 1.165) is 0 Å². The fraction of sp³-hybridized carbons (Fsp3) is 0. The Morgan fingerprint density at radius 1 is 1.40 bits per heavy atom. The zero-order chi connectivity index (χ0) is 2.00. The number of rotatable bonds is 0. The zero-order valence-corrected chi connectivity index (χ0v) is 9.08. The predicted molar refractivity (Wildman–Crippen MR) is 6.08 cm³/mol. The van der Waals surface area contributed by atoms with Gasteiger partial charge in [0.1, 0.15) is 0 Å². The van der Waals surface area contributed by atoms with E-state index in [9.17, 15) is 0 Å². The molecule has 0 aliphatic rings. The largest absolute Gasteiger partial charge is 1.00 e. The fourth-order valence-corrected chi connectivity index (χ4v) is 0. The summed E-state index contributed by atoms with van der Waals surface area (Å²) in [6.45, 7) is 4.75. The van der Waals surface area contributed by atoms with Gasteiger partial charge >= 0.3 is 29.6 Å². The average molecular weight is 171 g/mol. The van der Waals surface area contributed by atoms with Gasteiger partial charge in [-0.2, -0.15) is 0 Å². The van der Waals surface area contributed by atoms with Crippen LogP contribution in [-0.4, -0.2) is 0 Å². The van der Waals surface area contributed by atoms with Crippen LogP contribution in [0.3, 0.4) is 0 Å². The van der Waals surface area contributed by atoms with Gasteiger partial charge in [0.2, 0.25) is 0 Å². The van der Waals surface area contributed by atoms with E-state index in [4.69, 9.17) is 11.8 Å². The van der Waals surface area contributed by atoms with Crippen LogP contribution in [0.2, 0.25) is 0 Å². The van der Waals surface area contributed by atoms with Crippen LogP contribution in [0.4, 0.5) is 0 Å². The maximum atomic E-state index is 6.25. The van der Waals surface area contributed by atoms with Crippen molar-refractivity contribution in [3.8, 4) is 0 Å². The van der Waals surface area contributed by atoms with Crippen molar-refractivity contribution >= 4 is 0 Å². The van der Waals surface area contributed by atoms with Crippen LogP contribution in [0.25, 0.3) is 0 Å². The second-order valence-corrected chi connectivity index (χ2v) is 0. The van der Waals surface area contributed by atoms with E-state index in [2.05, 4.69) is 0 Å². The molecule has 0 N–H and O–H groups in total. The van der Waals surface area contributed by atoms with Crippen molar-refractivity contribution in [3.63, 3.8) is 0 Å². The van der Waals surface area contributed by atoms with E-state index >= 15 is 0 Å². The second-order valence-electron chi connectivity index (χ2n) is 0. The summed E-state index contributed by atoms with van der Waals surface area (Å²) < 4.78 is 0. The van der Waals surface area contributed by atoms with Crippen molar-refractivity contribution in [2.75, 3.05) is 0 Å². The van der Waals surface area contributed by atoms with Gasteiger partial charge in [0.05, 0.1) is 0 Å². The first-order valence-corrected chi connectivity index (χ1v) is 0.224. The summed E-state index contributed by atoms with van der Waals surface area (Å²) >= 11 is 0. The molecule has 0 aliphatic carbocycles. The van der Waals surface area contributed by atoms with E-state index in [1.54, 1.807) is 0 Å². The molecule has 0 atom stereocenters. The van der Waals surface area contributed by atoms with Crippen LogP contribution in [0, 0.1) is 11.8 Å². The molecule has 0 unspecified atom stereocenters. The van der Waals surface area contributed by atoms with E-state index in [-0.39, 0.29) is 67.5 Å². The molecule has 0 aromatic rings. The minimum absolute atomic E-state index is 0. The van der Waals surface area contributed by atoms with Crippen molar-refractivity contribution in [2.24, 2.45) is 0 Å². The fourth-order valence-electron chi connectivity index (χ4n) is 0. The summed E-state index contributed by atoms with van der Waals surface area (Å²) in [5.41, 5.74) is 0. The minimum Gasteiger partial charge on any atom is -1.00 e. The Balaban J connectivity index is -0.000000000833. The van der Waals surface area contributed by atoms with Gasteiger partial charge in [-0.1, -0.05) is 0 Å². The first kappa shape index (κ1) is 30.4. The Bertz CT molecular complexity index is 20.3. The molecule has 0 aliphatic heterocycles. The molecular weight excluding hydrogens is 170 g/mol. The molecule has 0 amide bonds. The summed E-state index contributed by atoms with van der Waals surface area (Å²) in [6, 6.07) is 0. The van der Waals surface area contributed by atoms with Crippen LogP contribution in [0.15, 0.2) is 0 Å². The van der Waals surface area contributed by atoms with E-state index < -0.39 is 0 Å². The molecule has 0 spiro atoms. The molecule has 4 heteroatoms. The smallest absolute Gasteiger partial charge is 1.00 e. The first-order chi connectivity index (χ1) is 1.00. The number of nitrogens with zero attached hydrogens (tertiary/aromatic N) is 1. The maximum absolute atomic E-state index is 6.25. The second kappa shape index (κ2) is 45.3. The third kappa shape index (κ3) is 27.9. The molecule has 0 fully saturated rings. The van der Waals surface area contributed by atoms with Gasteiger partial charge in [-0.3, -0.25) is 0 Å². The molecule has 0 bridgehead atoms. The van der Waals surface area contributed by atoms with Crippen LogP contribution in [-0.2, 0) is 36.5 Å². The third-order valence-corrected chi connectivity index (χ3v) is 0. The van der Waals surface area contributed by atoms with Crippen molar-refractivity contribution < 1.29 is 67.5 Å². The Labute approximate surface area is 78.5 Å². The molecule has 0 radical (unpaired) electrons. The quantitative estimate of drug-likeness (QED) is 0.285. The Morgan fingerprint density at radius 3 is 1.40 bits per heavy atom. The summed E-state index contributed by atoms with van der Waals surface area (Å²) in [6.07, 6.45) is 0. The molecule has 0 aromatic heterocycles. The van der Waals surface area contributed by atoms with Crippen molar-refractivity contribution in [2.45, 2.75) is 0 Å². The van der Waals surface area contributed by atoms with Gasteiger partial charge in [0.15, 0.2) is 0 Å². The third-order valence-electron chi connectivity index (χ3n) is 0. The van der Waals surface area contributed by atoms with Crippen molar-refractivity contribution in [1.29, 1.82) is 5.26 Å². The molecule has 0 aromatic carbocycles. The molecule has 0 rings (SSSR count).